The fourth-order valence-electron chi connectivity index (χ4n) is 1.72. The Balaban J connectivity index is 2.00. The van der Waals surface area contributed by atoms with E-state index in [4.69, 9.17) is 9.84 Å². The number of carboxylic acid groups (broad SMARTS) is 1. The van der Waals surface area contributed by atoms with Crippen molar-refractivity contribution in [1.82, 2.24) is 0 Å². The van der Waals surface area contributed by atoms with Gasteiger partial charge in [0.2, 0.25) is 0 Å². The molecule has 0 fully saturated rings. The van der Waals surface area contributed by atoms with Crippen molar-refractivity contribution >= 4 is 27.8 Å². The van der Waals surface area contributed by atoms with E-state index in [1.54, 1.807) is 0 Å². The van der Waals surface area contributed by atoms with E-state index in [1.165, 1.54) is 0 Å². The topological polar surface area (TPSA) is 58.9 Å². The van der Waals surface area contributed by atoms with Gasteiger partial charge in [-0.3, -0.25) is 4.79 Å². The summed E-state index contributed by atoms with van der Waals surface area (Å²) in [6.45, 7) is 0.462. The van der Waals surface area contributed by atoms with E-state index in [0.29, 0.717) is 12.5 Å². The molecule has 0 saturated heterocycles. The molecule has 4 nitrogen and oxygen atoms in total. The Hall–Kier alpha value is -1.36. The monoisotopic (exact) mass is 297 g/mol. The molecular formula is C12H12BrNO3. The second-order valence-corrected chi connectivity index (χ2v) is 4.71. The van der Waals surface area contributed by atoms with Crippen LogP contribution >= 0.6 is 15.9 Å². The van der Waals surface area contributed by atoms with Crippen LogP contribution in [-0.4, -0.2) is 29.6 Å². The van der Waals surface area contributed by atoms with Gasteiger partial charge in [0.05, 0.1) is 6.04 Å². The molecule has 1 aromatic carbocycles. The Labute approximate surface area is 107 Å². The highest BCUT2D eigenvalue weighted by Gasteiger charge is 2.21. The Morgan fingerprint density at radius 3 is 3.00 bits per heavy atom. The number of benzene rings is 1. The highest BCUT2D eigenvalue weighted by atomic mass is 79.9. The number of ether oxygens (including phenoxy) is 1. The third-order valence-electron chi connectivity index (χ3n) is 2.48. The zero-order valence-corrected chi connectivity index (χ0v) is 10.7. The van der Waals surface area contributed by atoms with Crippen molar-refractivity contribution in [2.45, 2.75) is 18.9 Å². The molecule has 1 aliphatic rings. The van der Waals surface area contributed by atoms with E-state index in [0.717, 1.165) is 16.5 Å². The molecule has 2 rings (SSSR count). The van der Waals surface area contributed by atoms with Gasteiger partial charge in [0.15, 0.2) is 5.90 Å². The number of carbonyl (C=O) groups is 1. The van der Waals surface area contributed by atoms with Gasteiger partial charge in [-0.1, -0.05) is 34.1 Å². The summed E-state index contributed by atoms with van der Waals surface area (Å²) < 4.78 is 6.29. The van der Waals surface area contributed by atoms with Gasteiger partial charge in [-0.05, 0) is 18.1 Å². The van der Waals surface area contributed by atoms with Crippen LogP contribution in [-0.2, 0) is 16.0 Å². The number of nitrogens with zero attached hydrogens (tertiary/aromatic N) is 1. The van der Waals surface area contributed by atoms with E-state index in [-0.39, 0.29) is 12.5 Å². The average Bonchev–Trinajstić information content (AvgIpc) is 2.68. The van der Waals surface area contributed by atoms with Crippen LogP contribution in [0.2, 0.25) is 0 Å². The number of aliphatic carboxylic acids is 1. The van der Waals surface area contributed by atoms with Crippen molar-refractivity contribution in [1.29, 1.82) is 0 Å². The lowest BCUT2D eigenvalue weighted by Crippen LogP contribution is -2.10. The first kappa shape index (κ1) is 12.1. The van der Waals surface area contributed by atoms with Crippen LogP contribution < -0.4 is 0 Å². The SMILES string of the molecule is O=C(O)CC1=NC(Cc2ccccc2Br)CO1. The van der Waals surface area contributed by atoms with E-state index in [1.807, 2.05) is 24.3 Å². The molecule has 0 amide bonds. The highest BCUT2D eigenvalue weighted by molar-refractivity contribution is 9.10. The summed E-state index contributed by atoms with van der Waals surface area (Å²) in [7, 11) is 0. The van der Waals surface area contributed by atoms with Gasteiger partial charge in [-0.15, -0.1) is 0 Å². The lowest BCUT2D eigenvalue weighted by molar-refractivity contribution is -0.135. The number of hydrogen-bond acceptors (Lipinski definition) is 3. The molecule has 1 aliphatic heterocycles. The van der Waals surface area contributed by atoms with Crippen molar-refractivity contribution in [3.63, 3.8) is 0 Å². The molecule has 5 heteroatoms. The fourth-order valence-corrected chi connectivity index (χ4v) is 2.17. The third kappa shape index (κ3) is 3.30. The molecular weight excluding hydrogens is 286 g/mol. The smallest absolute Gasteiger partial charge is 0.312 e. The Morgan fingerprint density at radius 2 is 2.29 bits per heavy atom. The largest absolute Gasteiger partial charge is 0.481 e. The first-order valence-corrected chi connectivity index (χ1v) is 6.09. The summed E-state index contributed by atoms with van der Waals surface area (Å²) in [5.74, 6) is -0.583. The van der Waals surface area contributed by atoms with Crippen LogP contribution in [0.15, 0.2) is 33.7 Å². The first-order chi connectivity index (χ1) is 8.15. The number of rotatable bonds is 4. The molecule has 0 aliphatic carbocycles. The van der Waals surface area contributed by atoms with Crippen LogP contribution in [0.3, 0.4) is 0 Å². The van der Waals surface area contributed by atoms with Gasteiger partial charge in [-0.2, -0.15) is 0 Å². The highest BCUT2D eigenvalue weighted by Crippen LogP contribution is 2.20. The number of carboxylic acids is 1. The minimum Gasteiger partial charge on any atom is -0.481 e. The van der Waals surface area contributed by atoms with Crippen molar-refractivity contribution in [3.8, 4) is 0 Å². The van der Waals surface area contributed by atoms with Crippen molar-refractivity contribution in [2.24, 2.45) is 4.99 Å². The van der Waals surface area contributed by atoms with Gasteiger partial charge in [0.1, 0.15) is 13.0 Å². The maximum absolute atomic E-state index is 10.5. The second-order valence-electron chi connectivity index (χ2n) is 3.85. The zero-order chi connectivity index (χ0) is 12.3. The number of aliphatic imine (C=N–C) groups is 1. The van der Waals surface area contributed by atoms with Gasteiger partial charge in [0.25, 0.3) is 0 Å². The van der Waals surface area contributed by atoms with Gasteiger partial charge in [-0.25, -0.2) is 4.99 Å². The maximum Gasteiger partial charge on any atom is 0.312 e. The Bertz CT molecular complexity index is 459. The summed E-state index contributed by atoms with van der Waals surface area (Å²) in [5, 5.41) is 8.63. The van der Waals surface area contributed by atoms with Gasteiger partial charge >= 0.3 is 5.97 Å². The normalized spacial score (nSPS) is 18.6. The van der Waals surface area contributed by atoms with Crippen LogP contribution in [0.1, 0.15) is 12.0 Å². The third-order valence-corrected chi connectivity index (χ3v) is 3.26. The second kappa shape index (κ2) is 5.31. The Morgan fingerprint density at radius 1 is 1.53 bits per heavy atom. The van der Waals surface area contributed by atoms with E-state index in [2.05, 4.69) is 20.9 Å². The fraction of sp³-hybridized carbons (Fsp3) is 0.333. The van der Waals surface area contributed by atoms with Crippen LogP contribution in [0.25, 0.3) is 0 Å². The van der Waals surface area contributed by atoms with Crippen molar-refractivity contribution in [2.75, 3.05) is 6.61 Å². The minimum absolute atomic E-state index is 0.0167. The van der Waals surface area contributed by atoms with Gasteiger partial charge < -0.3 is 9.84 Å². The Kier molecular flexibility index (Phi) is 3.78. The first-order valence-electron chi connectivity index (χ1n) is 5.30. The summed E-state index contributed by atoms with van der Waals surface area (Å²) in [4.78, 5) is 14.8. The molecule has 0 aromatic heterocycles. The molecule has 1 unspecified atom stereocenters. The lowest BCUT2D eigenvalue weighted by atomic mass is 10.1. The van der Waals surface area contributed by atoms with Gasteiger partial charge in [0, 0.05) is 4.47 Å². The lowest BCUT2D eigenvalue weighted by Gasteiger charge is -2.06. The van der Waals surface area contributed by atoms with E-state index < -0.39 is 5.97 Å². The average molecular weight is 298 g/mol. The molecule has 1 atom stereocenters. The molecule has 0 radical (unpaired) electrons. The molecule has 0 bridgehead atoms. The summed E-state index contributed by atoms with van der Waals surface area (Å²) in [5.41, 5.74) is 1.15. The number of hydrogen-bond donors (Lipinski definition) is 1. The van der Waals surface area contributed by atoms with E-state index >= 15 is 0 Å². The summed E-state index contributed by atoms with van der Waals surface area (Å²) in [6.07, 6.45) is 0.622. The predicted molar refractivity (Wildman–Crippen MR) is 67.3 cm³/mol. The molecule has 0 spiro atoms. The molecule has 1 N–H and O–H groups in total. The zero-order valence-electron chi connectivity index (χ0n) is 9.10. The molecule has 0 saturated carbocycles. The minimum atomic E-state index is -0.912. The molecule has 17 heavy (non-hydrogen) atoms. The quantitative estimate of drug-likeness (QED) is 0.927. The van der Waals surface area contributed by atoms with Crippen molar-refractivity contribution in [3.05, 3.63) is 34.3 Å². The predicted octanol–water partition coefficient (Wildman–Crippen LogP) is 2.26. The summed E-state index contributed by atoms with van der Waals surface area (Å²) >= 11 is 3.48. The molecule has 90 valence electrons. The standard InChI is InChI=1S/C12H12BrNO3/c13-10-4-2-1-3-8(10)5-9-7-17-11(14-9)6-12(15)16/h1-4,9H,5-7H2,(H,15,16). The van der Waals surface area contributed by atoms with Crippen molar-refractivity contribution < 1.29 is 14.6 Å². The van der Waals surface area contributed by atoms with Crippen LogP contribution in [0, 0.1) is 0 Å². The van der Waals surface area contributed by atoms with E-state index in [9.17, 15) is 4.79 Å². The maximum atomic E-state index is 10.5. The van der Waals surface area contributed by atoms with Crippen LogP contribution in [0.5, 0.6) is 0 Å². The molecule has 1 heterocycles. The summed E-state index contributed by atoms with van der Waals surface area (Å²) in [6, 6.07) is 7.94. The van der Waals surface area contributed by atoms with Crippen LogP contribution in [0.4, 0.5) is 0 Å². The number of halogens is 1. The molecule has 1 aromatic rings.